The van der Waals surface area contributed by atoms with Crippen LogP contribution in [0.5, 0.6) is 5.75 Å². The lowest BCUT2D eigenvalue weighted by atomic mass is 9.68. The van der Waals surface area contributed by atoms with E-state index in [1.807, 2.05) is 0 Å². The largest absolute Gasteiger partial charge is 0.508 e. The molecule has 1 aromatic rings. The van der Waals surface area contributed by atoms with Gasteiger partial charge >= 0.3 is 0 Å². The molecule has 0 aliphatic heterocycles. The minimum atomic E-state index is 0.233. The van der Waals surface area contributed by atoms with Crippen molar-refractivity contribution in [3.63, 3.8) is 0 Å². The van der Waals surface area contributed by atoms with Gasteiger partial charge in [0.25, 0.3) is 0 Å². The predicted octanol–water partition coefficient (Wildman–Crippen LogP) is 4.50. The molecular formula is C15H24O. The molecule has 1 N–H and O–H groups in total. The van der Waals surface area contributed by atoms with Crippen LogP contribution in [-0.2, 0) is 5.41 Å². The van der Waals surface area contributed by atoms with Gasteiger partial charge in [0.2, 0.25) is 0 Å². The van der Waals surface area contributed by atoms with Crippen molar-refractivity contribution in [2.24, 2.45) is 5.92 Å². The molecule has 1 aromatic carbocycles. The van der Waals surface area contributed by atoms with Crippen molar-refractivity contribution in [2.45, 2.75) is 52.4 Å². The fraction of sp³-hybridized carbons (Fsp3) is 0.600. The molecule has 1 unspecified atom stereocenters. The Kier molecular flexibility index (Phi) is 4.40. The van der Waals surface area contributed by atoms with Crippen LogP contribution in [0.15, 0.2) is 24.3 Å². The van der Waals surface area contributed by atoms with E-state index in [1.165, 1.54) is 18.4 Å². The number of phenols is 1. The van der Waals surface area contributed by atoms with Crippen molar-refractivity contribution in [2.75, 3.05) is 0 Å². The predicted molar refractivity (Wildman–Crippen MR) is 69.8 cm³/mol. The van der Waals surface area contributed by atoms with Crippen molar-refractivity contribution in [1.29, 1.82) is 0 Å². The van der Waals surface area contributed by atoms with Crippen molar-refractivity contribution >= 4 is 0 Å². The molecule has 0 radical (unpaired) electrons. The Morgan fingerprint density at radius 3 is 1.94 bits per heavy atom. The standard InChI is InChI=1S/C15H24O/c1-5-12(6-2)15(4,7-3)13-8-10-14(16)11-9-13/h8-12,16H,5-7H2,1-4H3. The first-order valence-electron chi connectivity index (χ1n) is 6.38. The number of hydrogen-bond donors (Lipinski definition) is 1. The lowest BCUT2D eigenvalue weighted by Crippen LogP contribution is -2.30. The van der Waals surface area contributed by atoms with Crippen LogP contribution in [0.1, 0.15) is 52.5 Å². The van der Waals surface area contributed by atoms with Crippen LogP contribution < -0.4 is 0 Å². The minimum Gasteiger partial charge on any atom is -0.508 e. The van der Waals surface area contributed by atoms with Gasteiger partial charge < -0.3 is 5.11 Å². The Labute approximate surface area is 99.5 Å². The second-order valence-corrected chi connectivity index (χ2v) is 4.83. The van der Waals surface area contributed by atoms with E-state index in [2.05, 4.69) is 39.8 Å². The molecule has 0 amide bonds. The van der Waals surface area contributed by atoms with E-state index in [9.17, 15) is 5.11 Å². The second-order valence-electron chi connectivity index (χ2n) is 4.83. The van der Waals surface area contributed by atoms with Crippen LogP contribution in [-0.4, -0.2) is 5.11 Å². The normalized spacial score (nSPS) is 15.1. The molecule has 16 heavy (non-hydrogen) atoms. The number of hydrogen-bond acceptors (Lipinski definition) is 1. The van der Waals surface area contributed by atoms with Crippen LogP contribution in [0.25, 0.3) is 0 Å². The smallest absolute Gasteiger partial charge is 0.115 e. The van der Waals surface area contributed by atoms with Crippen LogP contribution >= 0.6 is 0 Å². The summed E-state index contributed by atoms with van der Waals surface area (Å²) in [5.74, 6) is 1.06. The number of aromatic hydroxyl groups is 1. The highest BCUT2D eigenvalue weighted by molar-refractivity contribution is 5.31. The first-order chi connectivity index (χ1) is 7.58. The van der Waals surface area contributed by atoms with Gasteiger partial charge in [-0.1, -0.05) is 52.7 Å². The highest BCUT2D eigenvalue weighted by atomic mass is 16.3. The first-order valence-corrected chi connectivity index (χ1v) is 6.38. The summed E-state index contributed by atoms with van der Waals surface area (Å²) in [5, 5.41) is 9.35. The molecule has 0 spiro atoms. The SMILES string of the molecule is CCC(CC)C(C)(CC)c1ccc(O)cc1. The fourth-order valence-corrected chi connectivity index (χ4v) is 2.76. The summed E-state index contributed by atoms with van der Waals surface area (Å²) in [6.45, 7) is 9.13. The van der Waals surface area contributed by atoms with Crippen LogP contribution in [0.2, 0.25) is 0 Å². The quantitative estimate of drug-likeness (QED) is 0.774. The van der Waals surface area contributed by atoms with Gasteiger partial charge in [0.15, 0.2) is 0 Å². The first kappa shape index (κ1) is 13.1. The number of phenolic OH excluding ortho intramolecular Hbond substituents is 1. The molecule has 0 aliphatic carbocycles. The topological polar surface area (TPSA) is 20.2 Å². The maximum atomic E-state index is 9.35. The van der Waals surface area contributed by atoms with E-state index in [0.29, 0.717) is 11.7 Å². The third-order valence-electron chi connectivity index (χ3n) is 4.15. The van der Waals surface area contributed by atoms with Gasteiger partial charge in [-0.25, -0.2) is 0 Å². The summed E-state index contributed by atoms with van der Waals surface area (Å²) in [4.78, 5) is 0. The lowest BCUT2D eigenvalue weighted by Gasteiger charge is -2.37. The van der Waals surface area contributed by atoms with E-state index in [1.54, 1.807) is 12.1 Å². The van der Waals surface area contributed by atoms with Gasteiger partial charge in [-0.3, -0.25) is 0 Å². The zero-order valence-corrected chi connectivity index (χ0v) is 11.0. The summed E-state index contributed by atoms with van der Waals surface area (Å²) >= 11 is 0. The fourth-order valence-electron chi connectivity index (χ4n) is 2.76. The molecule has 0 saturated carbocycles. The summed E-state index contributed by atoms with van der Waals surface area (Å²) in [7, 11) is 0. The molecule has 0 fully saturated rings. The van der Waals surface area contributed by atoms with E-state index >= 15 is 0 Å². The lowest BCUT2D eigenvalue weighted by molar-refractivity contribution is 0.264. The Balaban J connectivity index is 3.08. The summed E-state index contributed by atoms with van der Waals surface area (Å²) in [5.41, 5.74) is 1.58. The van der Waals surface area contributed by atoms with Gasteiger partial charge in [-0.15, -0.1) is 0 Å². The van der Waals surface area contributed by atoms with Crippen molar-refractivity contribution in [3.05, 3.63) is 29.8 Å². The zero-order valence-electron chi connectivity index (χ0n) is 11.0. The van der Waals surface area contributed by atoms with E-state index in [-0.39, 0.29) is 5.41 Å². The molecule has 0 saturated heterocycles. The van der Waals surface area contributed by atoms with E-state index in [0.717, 1.165) is 6.42 Å². The average Bonchev–Trinajstić information content (AvgIpc) is 2.31. The Morgan fingerprint density at radius 2 is 1.56 bits per heavy atom. The molecular weight excluding hydrogens is 196 g/mol. The third-order valence-corrected chi connectivity index (χ3v) is 4.15. The van der Waals surface area contributed by atoms with Gasteiger partial charge in [0, 0.05) is 0 Å². The number of rotatable bonds is 5. The van der Waals surface area contributed by atoms with Gasteiger partial charge in [0.1, 0.15) is 5.75 Å². The highest BCUT2D eigenvalue weighted by Gasteiger charge is 2.31. The molecule has 0 bridgehead atoms. The second kappa shape index (κ2) is 5.38. The zero-order chi connectivity index (χ0) is 12.2. The van der Waals surface area contributed by atoms with Crippen molar-refractivity contribution in [3.8, 4) is 5.75 Å². The monoisotopic (exact) mass is 220 g/mol. The molecule has 1 nitrogen and oxygen atoms in total. The van der Waals surface area contributed by atoms with Gasteiger partial charge in [-0.2, -0.15) is 0 Å². The van der Waals surface area contributed by atoms with E-state index in [4.69, 9.17) is 0 Å². The van der Waals surface area contributed by atoms with Crippen LogP contribution in [0, 0.1) is 5.92 Å². The summed E-state index contributed by atoms with van der Waals surface area (Å²) < 4.78 is 0. The Hall–Kier alpha value is -0.980. The molecule has 1 heteroatoms. The van der Waals surface area contributed by atoms with Crippen LogP contribution in [0.3, 0.4) is 0 Å². The summed E-state index contributed by atoms with van der Waals surface area (Å²) in [6.07, 6.45) is 3.56. The maximum Gasteiger partial charge on any atom is 0.115 e. The average molecular weight is 220 g/mol. The van der Waals surface area contributed by atoms with Gasteiger partial charge in [0.05, 0.1) is 0 Å². The molecule has 1 atom stereocenters. The third kappa shape index (κ3) is 2.40. The minimum absolute atomic E-state index is 0.233. The molecule has 90 valence electrons. The molecule has 0 aromatic heterocycles. The number of benzene rings is 1. The molecule has 1 rings (SSSR count). The van der Waals surface area contributed by atoms with Crippen molar-refractivity contribution in [1.82, 2.24) is 0 Å². The Morgan fingerprint density at radius 1 is 1.06 bits per heavy atom. The Bertz CT molecular complexity index is 311. The van der Waals surface area contributed by atoms with Crippen molar-refractivity contribution < 1.29 is 5.11 Å². The summed E-state index contributed by atoms with van der Waals surface area (Å²) in [6, 6.07) is 7.73. The maximum absolute atomic E-state index is 9.35. The molecule has 0 aliphatic rings. The molecule has 0 heterocycles. The highest BCUT2D eigenvalue weighted by Crippen LogP contribution is 2.39. The van der Waals surface area contributed by atoms with Gasteiger partial charge in [-0.05, 0) is 35.4 Å². The van der Waals surface area contributed by atoms with E-state index < -0.39 is 0 Å². The van der Waals surface area contributed by atoms with Crippen LogP contribution in [0.4, 0.5) is 0 Å².